The number of hydrazone groups is 1. The van der Waals surface area contributed by atoms with Crippen molar-refractivity contribution in [2.24, 2.45) is 5.10 Å². The van der Waals surface area contributed by atoms with Gasteiger partial charge in [0.1, 0.15) is 10.7 Å². The number of nitrogens with zero attached hydrogens (tertiary/aromatic N) is 2. The van der Waals surface area contributed by atoms with Crippen molar-refractivity contribution < 1.29 is 9.72 Å². The van der Waals surface area contributed by atoms with Crippen LogP contribution in [-0.4, -0.2) is 21.4 Å². The molecule has 8 heteroatoms. The first-order chi connectivity index (χ1) is 11.5. The number of hydrogen-bond donors (Lipinski definition) is 2. The summed E-state index contributed by atoms with van der Waals surface area (Å²) in [5, 5.41) is 17.8. The lowest BCUT2D eigenvalue weighted by Crippen LogP contribution is -2.27. The van der Waals surface area contributed by atoms with Gasteiger partial charge in [0.15, 0.2) is 11.5 Å². The quantitative estimate of drug-likeness (QED) is 0.361. The van der Waals surface area contributed by atoms with Crippen LogP contribution < -0.4 is 10.7 Å². The van der Waals surface area contributed by atoms with Gasteiger partial charge in [-0.25, -0.2) is 0 Å². The van der Waals surface area contributed by atoms with Crippen molar-refractivity contribution in [3.8, 4) is 0 Å². The second-order valence-electron chi connectivity index (χ2n) is 4.72. The van der Waals surface area contributed by atoms with Crippen molar-refractivity contribution in [2.45, 2.75) is 6.92 Å². The fraction of sp³-hybridized carbons (Fsp3) is 0.0625. The molecule has 24 heavy (non-hydrogen) atoms. The number of benzene rings is 2. The predicted octanol–water partition coefficient (Wildman–Crippen LogP) is 3.39. The Labute approximate surface area is 143 Å². The van der Waals surface area contributed by atoms with Gasteiger partial charge in [-0.2, -0.15) is 5.10 Å². The van der Waals surface area contributed by atoms with Crippen LogP contribution in [0.3, 0.4) is 0 Å². The number of carbonyl (C=O) groups excluding carboxylic acids is 1. The molecular weight excluding hydrogens is 328 g/mol. The van der Waals surface area contributed by atoms with Crippen LogP contribution in [0.1, 0.15) is 6.92 Å². The van der Waals surface area contributed by atoms with Crippen molar-refractivity contribution in [2.75, 3.05) is 10.7 Å². The van der Waals surface area contributed by atoms with E-state index in [4.69, 9.17) is 12.2 Å². The summed E-state index contributed by atoms with van der Waals surface area (Å²) in [7, 11) is 0. The minimum absolute atomic E-state index is 0.0213. The molecule has 0 aliphatic rings. The van der Waals surface area contributed by atoms with Crippen LogP contribution in [0, 0.1) is 10.1 Å². The van der Waals surface area contributed by atoms with E-state index in [-0.39, 0.29) is 27.9 Å². The van der Waals surface area contributed by atoms with E-state index in [1.54, 1.807) is 24.3 Å². The maximum absolute atomic E-state index is 11.8. The molecule has 0 bridgehead atoms. The molecule has 0 amide bonds. The number of nitro benzene ring substituents is 1. The zero-order valence-corrected chi connectivity index (χ0v) is 13.5. The summed E-state index contributed by atoms with van der Waals surface area (Å²) in [6.45, 7) is 1.32. The monoisotopic (exact) mass is 342 g/mol. The van der Waals surface area contributed by atoms with Gasteiger partial charge in [-0.05, 0) is 18.2 Å². The molecule has 2 aromatic carbocycles. The molecule has 0 spiro atoms. The van der Waals surface area contributed by atoms with Crippen LogP contribution in [0.2, 0.25) is 0 Å². The molecule has 0 atom stereocenters. The first-order valence-electron chi connectivity index (χ1n) is 6.93. The first-order valence-corrected chi connectivity index (χ1v) is 7.34. The minimum atomic E-state index is -0.536. The zero-order chi connectivity index (χ0) is 17.5. The molecule has 0 aromatic heterocycles. The Morgan fingerprint density at radius 3 is 2.38 bits per heavy atom. The molecule has 2 rings (SSSR count). The number of anilines is 2. The highest BCUT2D eigenvalue weighted by Gasteiger charge is 2.15. The number of rotatable bonds is 6. The highest BCUT2D eigenvalue weighted by atomic mass is 32.1. The van der Waals surface area contributed by atoms with Gasteiger partial charge >= 0.3 is 0 Å². The third kappa shape index (κ3) is 4.43. The van der Waals surface area contributed by atoms with Gasteiger partial charge in [-0.3, -0.25) is 20.3 Å². The molecule has 0 heterocycles. The highest BCUT2D eigenvalue weighted by molar-refractivity contribution is 7.82. The first kappa shape index (κ1) is 17.2. The number of nitrogens with one attached hydrogen (secondary N) is 2. The molecule has 0 saturated heterocycles. The summed E-state index contributed by atoms with van der Waals surface area (Å²) in [4.78, 5) is 22.4. The number of Topliss-reactive ketones (excluding diaryl/α,β-unsaturated/α-hetero) is 1. The van der Waals surface area contributed by atoms with Crippen molar-refractivity contribution in [1.82, 2.24) is 0 Å². The molecule has 0 radical (unpaired) electrons. The van der Waals surface area contributed by atoms with Crippen LogP contribution in [0.4, 0.5) is 17.1 Å². The van der Waals surface area contributed by atoms with Crippen LogP contribution in [0.25, 0.3) is 0 Å². The molecule has 0 fully saturated rings. The van der Waals surface area contributed by atoms with E-state index in [1.807, 2.05) is 18.2 Å². The topological polar surface area (TPSA) is 96.6 Å². The normalized spacial score (nSPS) is 10.8. The molecule has 0 unspecified atom stereocenters. The second kappa shape index (κ2) is 7.93. The fourth-order valence-electron chi connectivity index (χ4n) is 1.84. The van der Waals surface area contributed by atoms with E-state index in [9.17, 15) is 14.9 Å². The highest BCUT2D eigenvalue weighted by Crippen LogP contribution is 2.23. The van der Waals surface area contributed by atoms with E-state index >= 15 is 0 Å². The summed E-state index contributed by atoms with van der Waals surface area (Å²) in [5.74, 6) is -0.366. The standard InChI is InChI=1S/C16H14N4O3S/c1-11(21)15(16(24)17-12-7-3-2-4-8-12)19-18-13-9-5-6-10-14(13)20(22)23/h2-10,18H,1H3,(H,17,24)/b19-15+. The van der Waals surface area contributed by atoms with Crippen LogP contribution in [0.15, 0.2) is 59.7 Å². The van der Waals surface area contributed by atoms with Gasteiger partial charge in [-0.15, -0.1) is 0 Å². The van der Waals surface area contributed by atoms with E-state index in [1.165, 1.54) is 19.1 Å². The number of para-hydroxylation sites is 3. The maximum atomic E-state index is 11.8. The Morgan fingerprint density at radius 2 is 1.75 bits per heavy atom. The Bertz CT molecular complexity index is 806. The summed E-state index contributed by atoms with van der Waals surface area (Å²) >= 11 is 5.20. The van der Waals surface area contributed by atoms with Gasteiger partial charge in [0, 0.05) is 18.7 Å². The Kier molecular flexibility index (Phi) is 5.69. The largest absolute Gasteiger partial charge is 0.345 e. The number of nitro groups is 1. The maximum Gasteiger partial charge on any atom is 0.294 e. The molecule has 0 aliphatic heterocycles. The molecule has 122 valence electrons. The Morgan fingerprint density at radius 1 is 1.12 bits per heavy atom. The third-order valence-corrected chi connectivity index (χ3v) is 3.26. The van der Waals surface area contributed by atoms with Crippen molar-refractivity contribution in [3.63, 3.8) is 0 Å². The van der Waals surface area contributed by atoms with E-state index in [0.717, 1.165) is 0 Å². The SMILES string of the molecule is CC(=O)/C(=N\Nc1ccccc1[N+](=O)[O-])C(=S)Nc1ccccc1. The molecule has 7 nitrogen and oxygen atoms in total. The van der Waals surface area contributed by atoms with Crippen molar-refractivity contribution in [1.29, 1.82) is 0 Å². The number of ketones is 1. The number of carbonyl (C=O) groups is 1. The Balaban J connectivity index is 2.22. The molecule has 2 aromatic rings. The van der Waals surface area contributed by atoms with E-state index < -0.39 is 4.92 Å². The predicted molar refractivity (Wildman–Crippen MR) is 97.5 cm³/mol. The molecule has 2 N–H and O–H groups in total. The smallest absolute Gasteiger partial charge is 0.294 e. The fourth-order valence-corrected chi connectivity index (χ4v) is 2.15. The molecule has 0 aliphatic carbocycles. The average Bonchev–Trinajstić information content (AvgIpc) is 2.56. The minimum Gasteiger partial charge on any atom is -0.345 e. The average molecular weight is 342 g/mol. The van der Waals surface area contributed by atoms with Crippen molar-refractivity contribution >= 4 is 45.8 Å². The van der Waals surface area contributed by atoms with Gasteiger partial charge in [0.25, 0.3) is 5.69 Å². The summed E-state index contributed by atoms with van der Waals surface area (Å²) < 4.78 is 0. The lowest BCUT2D eigenvalue weighted by molar-refractivity contribution is -0.384. The van der Waals surface area contributed by atoms with Crippen LogP contribution >= 0.6 is 12.2 Å². The van der Waals surface area contributed by atoms with Gasteiger partial charge in [-0.1, -0.05) is 42.5 Å². The summed E-state index contributed by atoms with van der Waals surface area (Å²) in [5.41, 5.74) is 3.25. The second-order valence-corrected chi connectivity index (χ2v) is 5.13. The lowest BCUT2D eigenvalue weighted by atomic mass is 10.2. The number of hydrogen-bond acceptors (Lipinski definition) is 6. The number of thiocarbonyl (C=S) groups is 1. The molecule has 0 saturated carbocycles. The van der Waals surface area contributed by atoms with Gasteiger partial charge < -0.3 is 5.32 Å². The zero-order valence-electron chi connectivity index (χ0n) is 12.7. The summed E-state index contributed by atoms with van der Waals surface area (Å²) in [6, 6.07) is 15.1. The Hall–Kier alpha value is -3.13. The molecular formula is C16H14N4O3S. The van der Waals surface area contributed by atoms with Gasteiger partial charge in [0.05, 0.1) is 4.92 Å². The van der Waals surface area contributed by atoms with Crippen LogP contribution in [-0.2, 0) is 4.79 Å². The lowest BCUT2D eigenvalue weighted by Gasteiger charge is -2.09. The van der Waals surface area contributed by atoms with E-state index in [0.29, 0.717) is 5.69 Å². The van der Waals surface area contributed by atoms with Crippen molar-refractivity contribution in [3.05, 3.63) is 64.7 Å². The van der Waals surface area contributed by atoms with Crippen LogP contribution in [0.5, 0.6) is 0 Å². The van der Waals surface area contributed by atoms with Gasteiger partial charge in [0.2, 0.25) is 0 Å². The summed E-state index contributed by atoms with van der Waals surface area (Å²) in [6.07, 6.45) is 0. The van der Waals surface area contributed by atoms with E-state index in [2.05, 4.69) is 15.8 Å². The third-order valence-electron chi connectivity index (χ3n) is 2.97.